The number of hydrogen-bond acceptors (Lipinski definition) is 2. The zero-order valence-corrected chi connectivity index (χ0v) is 12.0. The summed E-state index contributed by atoms with van der Waals surface area (Å²) < 4.78 is 0. The molecule has 1 aromatic rings. The van der Waals surface area contributed by atoms with Crippen molar-refractivity contribution in [3.63, 3.8) is 0 Å². The van der Waals surface area contributed by atoms with Gasteiger partial charge in [-0.15, -0.1) is 0 Å². The summed E-state index contributed by atoms with van der Waals surface area (Å²) in [6.07, 6.45) is 6.89. The molecule has 100 valence electrons. The third-order valence-electron chi connectivity index (χ3n) is 3.98. The van der Waals surface area contributed by atoms with Crippen molar-refractivity contribution in [3.05, 3.63) is 29.1 Å². The van der Waals surface area contributed by atoms with E-state index in [1.54, 1.807) is 0 Å². The molecule has 2 heteroatoms. The summed E-state index contributed by atoms with van der Waals surface area (Å²) in [5, 5.41) is 3.66. The molecule has 1 aromatic heterocycles. The molecule has 1 saturated carbocycles. The van der Waals surface area contributed by atoms with Crippen LogP contribution in [0.2, 0.25) is 0 Å². The molecule has 0 bridgehead atoms. The summed E-state index contributed by atoms with van der Waals surface area (Å²) in [5.41, 5.74) is 3.72. The van der Waals surface area contributed by atoms with E-state index in [-0.39, 0.29) is 0 Å². The fraction of sp³-hybridized carbons (Fsp3) is 0.688. The molecule has 18 heavy (non-hydrogen) atoms. The van der Waals surface area contributed by atoms with E-state index in [4.69, 9.17) is 4.98 Å². The lowest BCUT2D eigenvalue weighted by molar-refractivity contribution is 0.270. The number of pyridine rings is 1. The van der Waals surface area contributed by atoms with Crippen LogP contribution in [0.5, 0.6) is 0 Å². The molecule has 0 saturated heterocycles. The highest BCUT2D eigenvalue weighted by Crippen LogP contribution is 2.34. The topological polar surface area (TPSA) is 24.9 Å². The lowest BCUT2D eigenvalue weighted by Gasteiger charge is -2.30. The van der Waals surface area contributed by atoms with Crippen LogP contribution >= 0.6 is 0 Å². The van der Waals surface area contributed by atoms with E-state index >= 15 is 0 Å². The molecule has 1 unspecified atom stereocenters. The van der Waals surface area contributed by atoms with Crippen molar-refractivity contribution >= 4 is 0 Å². The Morgan fingerprint density at radius 1 is 1.22 bits per heavy atom. The maximum atomic E-state index is 4.77. The van der Waals surface area contributed by atoms with E-state index in [1.807, 2.05) is 0 Å². The van der Waals surface area contributed by atoms with Crippen molar-refractivity contribution in [1.82, 2.24) is 10.3 Å². The Hall–Kier alpha value is -0.890. The predicted octanol–water partition coefficient (Wildman–Crippen LogP) is 3.93. The van der Waals surface area contributed by atoms with Crippen molar-refractivity contribution in [3.8, 4) is 0 Å². The van der Waals surface area contributed by atoms with Gasteiger partial charge < -0.3 is 5.32 Å². The number of nitrogens with one attached hydrogen (secondary N) is 1. The molecule has 1 N–H and O–H groups in total. The van der Waals surface area contributed by atoms with Gasteiger partial charge in [0.15, 0.2) is 0 Å². The number of aryl methyl sites for hydroxylation is 2. The average Bonchev–Trinajstić information content (AvgIpc) is 2.36. The molecule has 1 heterocycles. The monoisotopic (exact) mass is 246 g/mol. The van der Waals surface area contributed by atoms with Crippen LogP contribution in [0, 0.1) is 19.8 Å². The lowest BCUT2D eigenvalue weighted by Crippen LogP contribution is -2.30. The van der Waals surface area contributed by atoms with Gasteiger partial charge in [-0.2, -0.15) is 0 Å². The van der Waals surface area contributed by atoms with Crippen LogP contribution in [0.4, 0.5) is 0 Å². The van der Waals surface area contributed by atoms with E-state index in [0.717, 1.165) is 18.2 Å². The Labute approximate surface area is 111 Å². The second-order valence-electron chi connectivity index (χ2n) is 5.64. The molecule has 1 atom stereocenters. The van der Waals surface area contributed by atoms with Crippen molar-refractivity contribution in [2.75, 3.05) is 6.54 Å². The zero-order chi connectivity index (χ0) is 13.0. The highest BCUT2D eigenvalue weighted by Gasteiger charge is 2.25. The molecule has 1 aliphatic carbocycles. The third kappa shape index (κ3) is 3.32. The average molecular weight is 246 g/mol. The van der Waals surface area contributed by atoms with Gasteiger partial charge in [0.1, 0.15) is 0 Å². The largest absolute Gasteiger partial charge is 0.309 e. The van der Waals surface area contributed by atoms with Gasteiger partial charge in [0, 0.05) is 5.69 Å². The molecular formula is C16H26N2. The third-order valence-corrected chi connectivity index (χ3v) is 3.98. The SMILES string of the molecule is CCNC(c1cc(C)cc(C)n1)C1CCCCC1. The minimum absolute atomic E-state index is 0.453. The summed E-state index contributed by atoms with van der Waals surface area (Å²) in [6.45, 7) is 7.48. The summed E-state index contributed by atoms with van der Waals surface area (Å²) in [4.78, 5) is 4.77. The summed E-state index contributed by atoms with van der Waals surface area (Å²) in [5.74, 6) is 0.771. The van der Waals surface area contributed by atoms with Crippen LogP contribution in [-0.4, -0.2) is 11.5 Å². The fourth-order valence-electron chi connectivity index (χ4n) is 3.23. The normalized spacial score (nSPS) is 18.8. The number of aromatic nitrogens is 1. The van der Waals surface area contributed by atoms with E-state index < -0.39 is 0 Å². The Kier molecular flexibility index (Phi) is 4.76. The van der Waals surface area contributed by atoms with Crippen LogP contribution < -0.4 is 5.32 Å². The van der Waals surface area contributed by atoms with Crippen molar-refractivity contribution < 1.29 is 0 Å². The van der Waals surface area contributed by atoms with E-state index in [0.29, 0.717) is 6.04 Å². The molecule has 0 amide bonds. The van der Waals surface area contributed by atoms with E-state index in [9.17, 15) is 0 Å². The van der Waals surface area contributed by atoms with Crippen LogP contribution in [-0.2, 0) is 0 Å². The first-order valence-corrected chi connectivity index (χ1v) is 7.39. The quantitative estimate of drug-likeness (QED) is 0.870. The van der Waals surface area contributed by atoms with Gasteiger partial charge in [0.25, 0.3) is 0 Å². The van der Waals surface area contributed by atoms with Gasteiger partial charge in [-0.25, -0.2) is 0 Å². The van der Waals surface area contributed by atoms with E-state index in [2.05, 4.69) is 38.2 Å². The molecule has 0 spiro atoms. The van der Waals surface area contributed by atoms with Crippen LogP contribution in [0.25, 0.3) is 0 Å². The predicted molar refractivity (Wildman–Crippen MR) is 76.7 cm³/mol. The first-order chi connectivity index (χ1) is 8.70. The van der Waals surface area contributed by atoms with Gasteiger partial charge in [-0.3, -0.25) is 4.98 Å². The Morgan fingerprint density at radius 2 is 1.94 bits per heavy atom. The second-order valence-corrected chi connectivity index (χ2v) is 5.64. The molecule has 0 aliphatic heterocycles. The van der Waals surface area contributed by atoms with Gasteiger partial charge in [0.2, 0.25) is 0 Å². The second kappa shape index (κ2) is 6.33. The van der Waals surface area contributed by atoms with Gasteiger partial charge in [-0.1, -0.05) is 26.2 Å². The standard InChI is InChI=1S/C16H26N2/c1-4-17-16(14-8-6-5-7-9-14)15-11-12(2)10-13(3)18-15/h10-11,14,16-17H,4-9H2,1-3H3. The summed E-state index contributed by atoms with van der Waals surface area (Å²) in [7, 11) is 0. The first-order valence-electron chi connectivity index (χ1n) is 7.39. The number of nitrogens with zero attached hydrogens (tertiary/aromatic N) is 1. The first kappa shape index (κ1) is 13.5. The van der Waals surface area contributed by atoms with Crippen LogP contribution in [0.3, 0.4) is 0 Å². The minimum Gasteiger partial charge on any atom is -0.309 e. The van der Waals surface area contributed by atoms with Gasteiger partial charge in [-0.05, 0) is 56.8 Å². The van der Waals surface area contributed by atoms with Gasteiger partial charge >= 0.3 is 0 Å². The molecule has 1 fully saturated rings. The molecule has 0 aromatic carbocycles. The molecule has 2 nitrogen and oxygen atoms in total. The maximum absolute atomic E-state index is 4.77. The van der Waals surface area contributed by atoms with Crippen molar-refractivity contribution in [2.45, 2.75) is 58.9 Å². The van der Waals surface area contributed by atoms with Crippen LogP contribution in [0.1, 0.15) is 62.0 Å². The zero-order valence-electron chi connectivity index (χ0n) is 12.0. The Bertz CT molecular complexity index is 360. The van der Waals surface area contributed by atoms with E-state index in [1.165, 1.54) is 43.4 Å². The fourth-order valence-corrected chi connectivity index (χ4v) is 3.23. The summed E-state index contributed by atoms with van der Waals surface area (Å²) >= 11 is 0. The lowest BCUT2D eigenvalue weighted by atomic mass is 9.82. The number of rotatable bonds is 4. The molecule has 2 rings (SSSR count). The highest BCUT2D eigenvalue weighted by molar-refractivity contribution is 5.22. The van der Waals surface area contributed by atoms with Crippen LogP contribution in [0.15, 0.2) is 12.1 Å². The van der Waals surface area contributed by atoms with Gasteiger partial charge in [0.05, 0.1) is 11.7 Å². The van der Waals surface area contributed by atoms with Crippen molar-refractivity contribution in [2.24, 2.45) is 5.92 Å². The molecule has 1 aliphatic rings. The maximum Gasteiger partial charge on any atom is 0.0581 e. The number of hydrogen-bond donors (Lipinski definition) is 1. The summed E-state index contributed by atoms with van der Waals surface area (Å²) in [6, 6.07) is 4.87. The highest BCUT2D eigenvalue weighted by atomic mass is 14.9. The molecular weight excluding hydrogens is 220 g/mol. The Morgan fingerprint density at radius 3 is 2.56 bits per heavy atom. The smallest absolute Gasteiger partial charge is 0.0581 e. The minimum atomic E-state index is 0.453. The Balaban J connectivity index is 2.22. The molecule has 0 radical (unpaired) electrons. The van der Waals surface area contributed by atoms with Crippen molar-refractivity contribution in [1.29, 1.82) is 0 Å².